The zero-order valence-corrected chi connectivity index (χ0v) is 8.51. The molecule has 1 atom stereocenters. The fraction of sp³-hybridized carbons (Fsp3) is 0.364. The molecule has 0 aliphatic rings. The molecule has 0 saturated heterocycles. The van der Waals surface area contributed by atoms with Crippen molar-refractivity contribution < 1.29 is 19.7 Å². The van der Waals surface area contributed by atoms with Gasteiger partial charge in [0, 0.05) is 6.61 Å². The van der Waals surface area contributed by atoms with E-state index in [-0.39, 0.29) is 12.2 Å². The van der Waals surface area contributed by atoms with Crippen LogP contribution in [0.5, 0.6) is 0 Å². The van der Waals surface area contributed by atoms with Crippen molar-refractivity contribution in [2.75, 3.05) is 13.2 Å². The van der Waals surface area contributed by atoms with E-state index in [0.29, 0.717) is 12.2 Å². The van der Waals surface area contributed by atoms with Gasteiger partial charge >= 0.3 is 5.97 Å². The van der Waals surface area contributed by atoms with E-state index < -0.39 is 12.1 Å². The van der Waals surface area contributed by atoms with Crippen LogP contribution < -0.4 is 0 Å². The Bertz CT molecular complexity index is 335. The van der Waals surface area contributed by atoms with Crippen molar-refractivity contribution >= 4 is 5.97 Å². The maximum Gasteiger partial charge on any atom is 0.336 e. The molecule has 0 amide bonds. The van der Waals surface area contributed by atoms with Gasteiger partial charge in [-0.3, -0.25) is 0 Å². The molecule has 0 radical (unpaired) electrons. The van der Waals surface area contributed by atoms with Crippen LogP contribution in [0, 0.1) is 0 Å². The van der Waals surface area contributed by atoms with Gasteiger partial charge < -0.3 is 14.9 Å². The number of aliphatic hydroxyl groups is 1. The average molecular weight is 210 g/mol. The lowest BCUT2D eigenvalue weighted by Crippen LogP contribution is -2.12. The Morgan fingerprint density at radius 1 is 1.47 bits per heavy atom. The molecule has 2 N–H and O–H groups in total. The number of rotatable bonds is 5. The summed E-state index contributed by atoms with van der Waals surface area (Å²) < 4.78 is 5.04. The Morgan fingerprint density at radius 3 is 2.73 bits per heavy atom. The summed E-state index contributed by atoms with van der Waals surface area (Å²) in [5.41, 5.74) is 0.503. The second-order valence-corrected chi connectivity index (χ2v) is 3.07. The lowest BCUT2D eigenvalue weighted by molar-refractivity contribution is 0.0404. The topological polar surface area (TPSA) is 66.8 Å². The van der Waals surface area contributed by atoms with E-state index in [0.717, 1.165) is 0 Å². The summed E-state index contributed by atoms with van der Waals surface area (Å²) in [6.45, 7) is 2.42. The molecular weight excluding hydrogens is 196 g/mol. The highest BCUT2D eigenvalue weighted by molar-refractivity contribution is 5.89. The van der Waals surface area contributed by atoms with Crippen molar-refractivity contribution in [3.05, 3.63) is 35.4 Å². The van der Waals surface area contributed by atoms with Gasteiger partial charge in [0.1, 0.15) is 6.10 Å². The molecule has 1 aromatic carbocycles. The van der Waals surface area contributed by atoms with Gasteiger partial charge in [-0.15, -0.1) is 0 Å². The monoisotopic (exact) mass is 210 g/mol. The fourth-order valence-electron chi connectivity index (χ4n) is 1.30. The van der Waals surface area contributed by atoms with Crippen molar-refractivity contribution in [3.63, 3.8) is 0 Å². The number of aliphatic hydroxyl groups excluding tert-OH is 1. The third kappa shape index (κ3) is 3.04. The normalized spacial score (nSPS) is 12.4. The number of carbonyl (C=O) groups is 1. The van der Waals surface area contributed by atoms with Crippen LogP contribution in [0.2, 0.25) is 0 Å². The van der Waals surface area contributed by atoms with Gasteiger partial charge in [-0.25, -0.2) is 4.79 Å². The average Bonchev–Trinajstić information content (AvgIpc) is 2.25. The molecule has 4 heteroatoms. The Labute approximate surface area is 88.1 Å². The third-order valence-electron chi connectivity index (χ3n) is 2.03. The molecule has 0 aromatic heterocycles. The predicted octanol–water partition coefficient (Wildman–Crippen LogP) is 1.45. The zero-order valence-electron chi connectivity index (χ0n) is 8.51. The molecule has 0 aliphatic heterocycles. The molecule has 1 aromatic rings. The van der Waals surface area contributed by atoms with Gasteiger partial charge in [-0.1, -0.05) is 18.2 Å². The first-order valence-electron chi connectivity index (χ1n) is 4.74. The van der Waals surface area contributed by atoms with E-state index in [1.807, 2.05) is 6.92 Å². The summed E-state index contributed by atoms with van der Waals surface area (Å²) in [6, 6.07) is 6.37. The molecule has 4 nitrogen and oxygen atoms in total. The van der Waals surface area contributed by atoms with E-state index in [1.165, 1.54) is 6.07 Å². The number of carboxylic acids is 1. The summed E-state index contributed by atoms with van der Waals surface area (Å²) >= 11 is 0. The van der Waals surface area contributed by atoms with E-state index in [9.17, 15) is 9.90 Å². The lowest BCUT2D eigenvalue weighted by Gasteiger charge is -2.12. The first kappa shape index (κ1) is 11.7. The molecule has 0 bridgehead atoms. The number of hydrogen-bond donors (Lipinski definition) is 2. The van der Waals surface area contributed by atoms with Crippen molar-refractivity contribution in [1.29, 1.82) is 0 Å². The second kappa shape index (κ2) is 5.48. The molecule has 0 fully saturated rings. The van der Waals surface area contributed by atoms with Crippen LogP contribution in [0.25, 0.3) is 0 Å². The quantitative estimate of drug-likeness (QED) is 0.772. The highest BCUT2D eigenvalue weighted by atomic mass is 16.5. The first-order chi connectivity index (χ1) is 7.16. The third-order valence-corrected chi connectivity index (χ3v) is 2.03. The maximum atomic E-state index is 10.8. The van der Waals surface area contributed by atoms with E-state index in [1.54, 1.807) is 18.2 Å². The number of carboxylic acid groups (broad SMARTS) is 1. The van der Waals surface area contributed by atoms with Crippen molar-refractivity contribution in [1.82, 2.24) is 0 Å². The molecular formula is C11H14O4. The largest absolute Gasteiger partial charge is 0.478 e. The SMILES string of the molecule is CCOCC(O)c1ccccc1C(=O)O. The number of hydrogen-bond acceptors (Lipinski definition) is 3. The molecule has 0 aliphatic carbocycles. The van der Waals surface area contributed by atoms with Crippen molar-refractivity contribution in [3.8, 4) is 0 Å². The minimum atomic E-state index is -1.04. The van der Waals surface area contributed by atoms with Crippen LogP contribution in [-0.4, -0.2) is 29.4 Å². The van der Waals surface area contributed by atoms with Crippen LogP contribution in [-0.2, 0) is 4.74 Å². The maximum absolute atomic E-state index is 10.8. The standard InChI is InChI=1S/C11H14O4/c1-2-15-7-10(12)8-5-3-4-6-9(8)11(13)14/h3-6,10,12H,2,7H2,1H3,(H,13,14). The lowest BCUT2D eigenvalue weighted by atomic mass is 10.0. The molecule has 0 spiro atoms. The first-order valence-corrected chi connectivity index (χ1v) is 4.74. The highest BCUT2D eigenvalue weighted by Crippen LogP contribution is 2.18. The fourth-order valence-corrected chi connectivity index (χ4v) is 1.30. The Morgan fingerprint density at radius 2 is 2.13 bits per heavy atom. The van der Waals surface area contributed by atoms with Gasteiger partial charge in [-0.05, 0) is 18.6 Å². The summed E-state index contributed by atoms with van der Waals surface area (Å²) in [7, 11) is 0. The van der Waals surface area contributed by atoms with Crippen molar-refractivity contribution in [2.45, 2.75) is 13.0 Å². The molecule has 15 heavy (non-hydrogen) atoms. The second-order valence-electron chi connectivity index (χ2n) is 3.07. The molecule has 0 heterocycles. The van der Waals surface area contributed by atoms with Crippen LogP contribution in [0.1, 0.15) is 28.9 Å². The van der Waals surface area contributed by atoms with Crippen LogP contribution >= 0.6 is 0 Å². The summed E-state index contributed by atoms with van der Waals surface area (Å²) in [5.74, 6) is -1.04. The van der Waals surface area contributed by atoms with E-state index in [2.05, 4.69) is 0 Å². The highest BCUT2D eigenvalue weighted by Gasteiger charge is 2.15. The van der Waals surface area contributed by atoms with E-state index >= 15 is 0 Å². The number of benzene rings is 1. The Balaban J connectivity index is 2.87. The Kier molecular flexibility index (Phi) is 4.27. The van der Waals surface area contributed by atoms with Gasteiger partial charge in [0.15, 0.2) is 0 Å². The smallest absolute Gasteiger partial charge is 0.336 e. The summed E-state index contributed by atoms with van der Waals surface area (Å²) in [6.07, 6.45) is -0.891. The van der Waals surface area contributed by atoms with Gasteiger partial charge in [0.05, 0.1) is 12.2 Å². The van der Waals surface area contributed by atoms with Crippen molar-refractivity contribution in [2.24, 2.45) is 0 Å². The minimum Gasteiger partial charge on any atom is -0.478 e. The predicted molar refractivity (Wildman–Crippen MR) is 54.9 cm³/mol. The van der Waals surface area contributed by atoms with Crippen LogP contribution in [0.15, 0.2) is 24.3 Å². The van der Waals surface area contributed by atoms with Crippen LogP contribution in [0.4, 0.5) is 0 Å². The zero-order chi connectivity index (χ0) is 11.3. The Hall–Kier alpha value is -1.39. The van der Waals surface area contributed by atoms with Gasteiger partial charge in [0.2, 0.25) is 0 Å². The van der Waals surface area contributed by atoms with Gasteiger partial charge in [0.25, 0.3) is 0 Å². The molecule has 1 unspecified atom stereocenters. The molecule has 1 rings (SSSR count). The number of aromatic carboxylic acids is 1. The van der Waals surface area contributed by atoms with E-state index in [4.69, 9.17) is 9.84 Å². The molecule has 0 saturated carbocycles. The summed E-state index contributed by atoms with van der Waals surface area (Å²) in [4.78, 5) is 10.8. The number of ether oxygens (including phenoxy) is 1. The minimum absolute atomic E-state index is 0.112. The molecule has 82 valence electrons. The van der Waals surface area contributed by atoms with Gasteiger partial charge in [-0.2, -0.15) is 0 Å². The van der Waals surface area contributed by atoms with Crippen LogP contribution in [0.3, 0.4) is 0 Å². The summed E-state index contributed by atoms with van der Waals surface area (Å²) in [5, 5.41) is 18.6.